The van der Waals surface area contributed by atoms with Crippen LogP contribution in [-0.2, 0) is 0 Å². The summed E-state index contributed by atoms with van der Waals surface area (Å²) in [5, 5.41) is 9.45. The Morgan fingerprint density at radius 2 is 2.25 bits per heavy atom. The molecule has 1 fully saturated rings. The molecule has 1 aliphatic carbocycles. The molecule has 3 heteroatoms. The van der Waals surface area contributed by atoms with Crippen molar-refractivity contribution in [3.63, 3.8) is 0 Å². The van der Waals surface area contributed by atoms with Crippen molar-refractivity contribution in [1.29, 1.82) is 0 Å². The molecule has 0 aromatic heterocycles. The monoisotopic (exact) mass is 178 g/mol. The smallest absolute Gasteiger partial charge is 0.248 e. The summed E-state index contributed by atoms with van der Waals surface area (Å²) >= 11 is 0. The highest BCUT2D eigenvalue weighted by Crippen LogP contribution is 2.40. The summed E-state index contributed by atoms with van der Waals surface area (Å²) < 4.78 is 25.4. The molecule has 2 atom stereocenters. The number of hydrogen-bond donors (Lipinski definition) is 1. The van der Waals surface area contributed by atoms with E-state index in [0.717, 1.165) is 6.42 Å². The van der Waals surface area contributed by atoms with Gasteiger partial charge < -0.3 is 5.11 Å². The van der Waals surface area contributed by atoms with E-state index < -0.39 is 12.0 Å². The molecular weight excluding hydrogens is 162 g/mol. The van der Waals surface area contributed by atoms with Gasteiger partial charge in [-0.3, -0.25) is 0 Å². The fourth-order valence-corrected chi connectivity index (χ4v) is 1.84. The van der Waals surface area contributed by atoms with Gasteiger partial charge in [-0.05, 0) is 18.8 Å². The summed E-state index contributed by atoms with van der Waals surface area (Å²) in [4.78, 5) is 0. The number of alkyl halides is 2. The second kappa shape index (κ2) is 3.69. The SMILES string of the molecule is CCC[C@H](O)C1CCC(F)(F)C1. The van der Waals surface area contributed by atoms with Gasteiger partial charge in [-0.15, -0.1) is 0 Å². The molecule has 0 amide bonds. The van der Waals surface area contributed by atoms with E-state index in [9.17, 15) is 13.9 Å². The summed E-state index contributed by atoms with van der Waals surface area (Å²) in [6.07, 6.45) is 1.33. The molecule has 1 unspecified atom stereocenters. The van der Waals surface area contributed by atoms with Crippen molar-refractivity contribution >= 4 is 0 Å². The van der Waals surface area contributed by atoms with Crippen LogP contribution in [0.1, 0.15) is 39.0 Å². The zero-order chi connectivity index (χ0) is 9.19. The molecule has 0 aromatic rings. The van der Waals surface area contributed by atoms with Crippen LogP contribution in [0.25, 0.3) is 0 Å². The van der Waals surface area contributed by atoms with Gasteiger partial charge >= 0.3 is 0 Å². The summed E-state index contributed by atoms with van der Waals surface area (Å²) in [7, 11) is 0. The highest BCUT2D eigenvalue weighted by Gasteiger charge is 2.41. The lowest BCUT2D eigenvalue weighted by atomic mass is 9.97. The van der Waals surface area contributed by atoms with E-state index >= 15 is 0 Å². The van der Waals surface area contributed by atoms with Crippen molar-refractivity contribution in [1.82, 2.24) is 0 Å². The van der Waals surface area contributed by atoms with E-state index in [1.807, 2.05) is 6.92 Å². The topological polar surface area (TPSA) is 20.2 Å². The van der Waals surface area contributed by atoms with E-state index in [1.165, 1.54) is 0 Å². The van der Waals surface area contributed by atoms with Crippen LogP contribution in [0.4, 0.5) is 8.78 Å². The maximum atomic E-state index is 12.7. The fourth-order valence-electron chi connectivity index (χ4n) is 1.84. The molecule has 1 N–H and O–H groups in total. The van der Waals surface area contributed by atoms with E-state index in [4.69, 9.17) is 0 Å². The molecular formula is C9H16F2O. The first-order valence-electron chi connectivity index (χ1n) is 4.61. The number of hydrogen-bond acceptors (Lipinski definition) is 1. The van der Waals surface area contributed by atoms with Gasteiger partial charge in [0.05, 0.1) is 6.10 Å². The van der Waals surface area contributed by atoms with Crippen molar-refractivity contribution in [3.05, 3.63) is 0 Å². The van der Waals surface area contributed by atoms with Gasteiger partial charge in [0.25, 0.3) is 0 Å². The molecule has 0 saturated heterocycles. The highest BCUT2D eigenvalue weighted by atomic mass is 19.3. The molecule has 0 aromatic carbocycles. The lowest BCUT2D eigenvalue weighted by Gasteiger charge is -2.16. The Hall–Kier alpha value is -0.180. The van der Waals surface area contributed by atoms with Gasteiger partial charge in [-0.25, -0.2) is 8.78 Å². The van der Waals surface area contributed by atoms with Crippen LogP contribution < -0.4 is 0 Å². The number of rotatable bonds is 3. The third-order valence-electron chi connectivity index (χ3n) is 2.57. The summed E-state index contributed by atoms with van der Waals surface area (Å²) in [5.74, 6) is -2.68. The normalized spacial score (nSPS) is 30.5. The molecule has 1 nitrogen and oxygen atoms in total. The Labute approximate surface area is 71.8 Å². The highest BCUT2D eigenvalue weighted by molar-refractivity contribution is 4.84. The lowest BCUT2D eigenvalue weighted by molar-refractivity contribution is -0.00570. The predicted octanol–water partition coefficient (Wildman–Crippen LogP) is 2.58. The van der Waals surface area contributed by atoms with Crippen LogP contribution in [-0.4, -0.2) is 17.1 Å². The minimum atomic E-state index is -2.51. The van der Waals surface area contributed by atoms with Gasteiger partial charge in [-0.1, -0.05) is 13.3 Å². The standard InChI is InChI=1S/C9H16F2O/c1-2-3-8(12)7-4-5-9(10,11)6-7/h7-8,12H,2-6H2,1H3/t7?,8-/m0/s1. The summed E-state index contributed by atoms with van der Waals surface area (Å²) in [6.45, 7) is 1.95. The van der Waals surface area contributed by atoms with E-state index in [-0.39, 0.29) is 18.8 Å². The van der Waals surface area contributed by atoms with Crippen LogP contribution in [0.3, 0.4) is 0 Å². The number of aliphatic hydroxyl groups excluding tert-OH is 1. The Kier molecular flexibility index (Phi) is 3.04. The first kappa shape index (κ1) is 9.90. The third-order valence-corrected chi connectivity index (χ3v) is 2.57. The molecule has 1 aliphatic rings. The first-order valence-corrected chi connectivity index (χ1v) is 4.61. The second-order valence-corrected chi connectivity index (χ2v) is 3.71. The number of halogens is 2. The Bertz CT molecular complexity index is 147. The van der Waals surface area contributed by atoms with Gasteiger partial charge in [-0.2, -0.15) is 0 Å². The van der Waals surface area contributed by atoms with Crippen LogP contribution in [0, 0.1) is 5.92 Å². The van der Waals surface area contributed by atoms with Gasteiger partial charge in [0.1, 0.15) is 0 Å². The zero-order valence-corrected chi connectivity index (χ0v) is 7.39. The second-order valence-electron chi connectivity index (χ2n) is 3.71. The minimum Gasteiger partial charge on any atom is -0.393 e. The molecule has 1 saturated carbocycles. The van der Waals surface area contributed by atoms with Crippen LogP contribution >= 0.6 is 0 Å². The van der Waals surface area contributed by atoms with Crippen molar-refractivity contribution < 1.29 is 13.9 Å². The third kappa shape index (κ3) is 2.41. The average Bonchev–Trinajstić information content (AvgIpc) is 2.31. The molecule has 1 rings (SSSR count). The quantitative estimate of drug-likeness (QED) is 0.704. The zero-order valence-electron chi connectivity index (χ0n) is 7.39. The van der Waals surface area contributed by atoms with Crippen LogP contribution in [0.2, 0.25) is 0 Å². The van der Waals surface area contributed by atoms with Crippen molar-refractivity contribution in [2.24, 2.45) is 5.92 Å². The summed E-state index contributed by atoms with van der Waals surface area (Å²) in [6, 6.07) is 0. The van der Waals surface area contributed by atoms with Crippen molar-refractivity contribution in [2.45, 2.75) is 51.1 Å². The molecule has 0 bridgehead atoms. The van der Waals surface area contributed by atoms with Gasteiger partial charge in [0.2, 0.25) is 5.92 Å². The molecule has 12 heavy (non-hydrogen) atoms. The van der Waals surface area contributed by atoms with Crippen molar-refractivity contribution in [3.8, 4) is 0 Å². The van der Waals surface area contributed by atoms with Crippen LogP contribution in [0.5, 0.6) is 0 Å². The van der Waals surface area contributed by atoms with Gasteiger partial charge in [0, 0.05) is 12.8 Å². The molecule has 0 radical (unpaired) electrons. The minimum absolute atomic E-state index is 0.0432. The maximum Gasteiger partial charge on any atom is 0.248 e. The fraction of sp³-hybridized carbons (Fsp3) is 1.00. The predicted molar refractivity (Wildman–Crippen MR) is 43.2 cm³/mol. The van der Waals surface area contributed by atoms with E-state index in [0.29, 0.717) is 12.8 Å². The molecule has 0 spiro atoms. The number of aliphatic hydroxyl groups is 1. The van der Waals surface area contributed by atoms with Crippen molar-refractivity contribution in [2.75, 3.05) is 0 Å². The Morgan fingerprint density at radius 3 is 2.67 bits per heavy atom. The first-order chi connectivity index (χ1) is 5.55. The van der Waals surface area contributed by atoms with Crippen LogP contribution in [0.15, 0.2) is 0 Å². The Morgan fingerprint density at radius 1 is 1.58 bits per heavy atom. The van der Waals surface area contributed by atoms with Gasteiger partial charge in [0.15, 0.2) is 0 Å². The van der Waals surface area contributed by atoms with E-state index in [2.05, 4.69) is 0 Å². The molecule has 0 aliphatic heterocycles. The maximum absolute atomic E-state index is 12.7. The molecule has 0 heterocycles. The average molecular weight is 178 g/mol. The van der Waals surface area contributed by atoms with E-state index in [1.54, 1.807) is 0 Å². The summed E-state index contributed by atoms with van der Waals surface area (Å²) in [5.41, 5.74) is 0. The Balaban J connectivity index is 2.36. The largest absolute Gasteiger partial charge is 0.393 e. The lowest BCUT2D eigenvalue weighted by Crippen LogP contribution is -2.19. The molecule has 72 valence electrons.